The maximum atomic E-state index is 12.0. The van der Waals surface area contributed by atoms with E-state index in [4.69, 9.17) is 12.2 Å². The maximum absolute atomic E-state index is 12.0. The van der Waals surface area contributed by atoms with Crippen molar-refractivity contribution in [2.24, 2.45) is 0 Å². The first-order valence-electron chi connectivity index (χ1n) is 7.24. The summed E-state index contributed by atoms with van der Waals surface area (Å²) in [6, 6.07) is 7.13. The summed E-state index contributed by atoms with van der Waals surface area (Å²) in [5.74, 6) is -0.156. The van der Waals surface area contributed by atoms with Gasteiger partial charge in [0.2, 0.25) is 5.91 Å². The molecule has 1 aliphatic heterocycles. The van der Waals surface area contributed by atoms with Gasteiger partial charge in [-0.2, -0.15) is 0 Å². The number of rotatable bonds is 3. The Morgan fingerprint density at radius 2 is 1.91 bits per heavy atom. The molecule has 1 aromatic carbocycles. The van der Waals surface area contributed by atoms with Crippen LogP contribution in [0.25, 0.3) is 0 Å². The Kier molecular flexibility index (Phi) is 5.32. The van der Waals surface area contributed by atoms with Crippen LogP contribution in [0.4, 0.5) is 5.69 Å². The fraction of sp³-hybridized carbons (Fsp3) is 0.400. The SMILES string of the molecule is CC(C)NC(=S)NNC(=O)c1ccc(N2CCCC2=O)cc1. The zero-order chi connectivity index (χ0) is 16.1. The first kappa shape index (κ1) is 16.2. The molecule has 0 saturated carbocycles. The van der Waals surface area contributed by atoms with Gasteiger partial charge in [-0.25, -0.2) is 0 Å². The Labute approximate surface area is 135 Å². The van der Waals surface area contributed by atoms with Gasteiger partial charge in [-0.15, -0.1) is 0 Å². The number of anilines is 1. The number of carbonyl (C=O) groups excluding carboxylic acids is 2. The first-order chi connectivity index (χ1) is 10.5. The molecule has 0 spiro atoms. The molecule has 1 aliphatic rings. The second-order valence-corrected chi connectivity index (χ2v) is 5.81. The molecule has 0 radical (unpaired) electrons. The van der Waals surface area contributed by atoms with Crippen molar-refractivity contribution in [3.8, 4) is 0 Å². The van der Waals surface area contributed by atoms with Gasteiger partial charge in [0, 0.05) is 30.3 Å². The van der Waals surface area contributed by atoms with Crippen LogP contribution < -0.4 is 21.1 Å². The number of hydrogen-bond donors (Lipinski definition) is 3. The number of benzene rings is 1. The molecule has 0 unspecified atom stereocenters. The van der Waals surface area contributed by atoms with Gasteiger partial charge < -0.3 is 10.2 Å². The van der Waals surface area contributed by atoms with E-state index in [-0.39, 0.29) is 17.9 Å². The van der Waals surface area contributed by atoms with Crippen molar-refractivity contribution in [2.75, 3.05) is 11.4 Å². The second-order valence-electron chi connectivity index (χ2n) is 5.40. The van der Waals surface area contributed by atoms with Crippen molar-refractivity contribution >= 4 is 34.8 Å². The number of hydrogen-bond acceptors (Lipinski definition) is 3. The average molecular weight is 320 g/mol. The van der Waals surface area contributed by atoms with E-state index in [2.05, 4.69) is 16.2 Å². The topological polar surface area (TPSA) is 73.5 Å². The third-order valence-electron chi connectivity index (χ3n) is 3.22. The predicted octanol–water partition coefficient (Wildman–Crippen LogP) is 1.33. The van der Waals surface area contributed by atoms with Crippen LogP contribution in [0.5, 0.6) is 0 Å². The summed E-state index contributed by atoms with van der Waals surface area (Å²) < 4.78 is 0. The van der Waals surface area contributed by atoms with E-state index in [0.29, 0.717) is 17.1 Å². The summed E-state index contributed by atoms with van der Waals surface area (Å²) in [5.41, 5.74) is 6.49. The molecule has 1 heterocycles. The van der Waals surface area contributed by atoms with Crippen molar-refractivity contribution < 1.29 is 9.59 Å². The van der Waals surface area contributed by atoms with Crippen LogP contribution in [0.3, 0.4) is 0 Å². The van der Waals surface area contributed by atoms with E-state index in [1.807, 2.05) is 13.8 Å². The highest BCUT2D eigenvalue weighted by Gasteiger charge is 2.21. The van der Waals surface area contributed by atoms with Crippen molar-refractivity contribution in [3.63, 3.8) is 0 Å². The maximum Gasteiger partial charge on any atom is 0.269 e. The first-order valence-corrected chi connectivity index (χ1v) is 7.65. The fourth-order valence-corrected chi connectivity index (χ4v) is 2.48. The van der Waals surface area contributed by atoms with Gasteiger partial charge in [0.1, 0.15) is 0 Å². The minimum Gasteiger partial charge on any atom is -0.359 e. The Hall–Kier alpha value is -2.15. The molecule has 3 N–H and O–H groups in total. The molecule has 2 amide bonds. The lowest BCUT2D eigenvalue weighted by Crippen LogP contribution is -2.48. The Bertz CT molecular complexity index is 571. The number of thiocarbonyl (C=S) groups is 1. The minimum absolute atomic E-state index is 0.129. The molecule has 0 atom stereocenters. The monoisotopic (exact) mass is 320 g/mol. The van der Waals surface area contributed by atoms with Crippen LogP contribution in [0, 0.1) is 0 Å². The molecule has 22 heavy (non-hydrogen) atoms. The molecular weight excluding hydrogens is 300 g/mol. The lowest BCUT2D eigenvalue weighted by Gasteiger charge is -2.16. The van der Waals surface area contributed by atoms with Gasteiger partial charge in [0.05, 0.1) is 0 Å². The Morgan fingerprint density at radius 3 is 2.45 bits per heavy atom. The van der Waals surface area contributed by atoms with Gasteiger partial charge in [-0.3, -0.25) is 20.4 Å². The number of carbonyl (C=O) groups is 2. The van der Waals surface area contributed by atoms with Crippen molar-refractivity contribution in [1.82, 2.24) is 16.2 Å². The highest BCUT2D eigenvalue weighted by molar-refractivity contribution is 7.80. The highest BCUT2D eigenvalue weighted by atomic mass is 32.1. The van der Waals surface area contributed by atoms with Crippen molar-refractivity contribution in [3.05, 3.63) is 29.8 Å². The second kappa shape index (κ2) is 7.22. The normalized spacial score (nSPS) is 14.1. The lowest BCUT2D eigenvalue weighted by molar-refractivity contribution is -0.117. The number of hydrazine groups is 1. The summed E-state index contributed by atoms with van der Waals surface area (Å²) in [6.45, 7) is 4.64. The van der Waals surface area contributed by atoms with Gasteiger partial charge in [-0.1, -0.05) is 0 Å². The standard InChI is InChI=1S/C15H20N4O2S/c1-10(2)16-15(22)18-17-14(21)11-5-7-12(8-6-11)19-9-3-4-13(19)20/h5-8,10H,3-4,9H2,1-2H3,(H,17,21)(H2,16,18,22). The van der Waals surface area contributed by atoms with Crippen molar-refractivity contribution in [1.29, 1.82) is 0 Å². The molecule has 0 aliphatic carbocycles. The van der Waals surface area contributed by atoms with Crippen LogP contribution in [0.15, 0.2) is 24.3 Å². The van der Waals surface area contributed by atoms with Crippen LogP contribution >= 0.6 is 12.2 Å². The molecule has 7 heteroatoms. The quantitative estimate of drug-likeness (QED) is 0.579. The number of amides is 2. The van der Waals surface area contributed by atoms with Gasteiger partial charge >= 0.3 is 0 Å². The summed E-state index contributed by atoms with van der Waals surface area (Å²) in [7, 11) is 0. The Balaban J connectivity index is 1.91. The summed E-state index contributed by atoms with van der Waals surface area (Å²) in [4.78, 5) is 25.4. The average Bonchev–Trinajstić information content (AvgIpc) is 2.90. The zero-order valence-corrected chi connectivity index (χ0v) is 13.5. The molecule has 2 rings (SSSR count). The number of nitrogens with zero attached hydrogens (tertiary/aromatic N) is 1. The van der Waals surface area contributed by atoms with E-state index in [0.717, 1.165) is 18.7 Å². The van der Waals surface area contributed by atoms with Crippen LogP contribution in [-0.4, -0.2) is 29.5 Å². The summed E-state index contributed by atoms with van der Waals surface area (Å²) >= 11 is 5.02. The molecule has 1 aromatic rings. The van der Waals surface area contributed by atoms with Crippen LogP contribution in [0.1, 0.15) is 37.0 Å². The minimum atomic E-state index is -0.285. The largest absolute Gasteiger partial charge is 0.359 e. The molecule has 1 saturated heterocycles. The van der Waals surface area contributed by atoms with E-state index in [9.17, 15) is 9.59 Å². The van der Waals surface area contributed by atoms with E-state index in [1.165, 1.54) is 0 Å². The molecule has 0 bridgehead atoms. The summed E-state index contributed by atoms with van der Waals surface area (Å²) in [5, 5.41) is 3.33. The molecule has 6 nitrogen and oxygen atoms in total. The predicted molar refractivity (Wildman–Crippen MR) is 89.5 cm³/mol. The van der Waals surface area contributed by atoms with E-state index >= 15 is 0 Å². The van der Waals surface area contributed by atoms with Crippen LogP contribution in [-0.2, 0) is 4.79 Å². The molecular formula is C15H20N4O2S. The molecule has 0 aromatic heterocycles. The van der Waals surface area contributed by atoms with E-state index in [1.54, 1.807) is 29.2 Å². The van der Waals surface area contributed by atoms with Gasteiger partial charge in [0.15, 0.2) is 5.11 Å². The fourth-order valence-electron chi connectivity index (χ4n) is 2.20. The smallest absolute Gasteiger partial charge is 0.269 e. The van der Waals surface area contributed by atoms with Gasteiger partial charge in [-0.05, 0) is 56.8 Å². The van der Waals surface area contributed by atoms with Crippen LogP contribution in [0.2, 0.25) is 0 Å². The highest BCUT2D eigenvalue weighted by Crippen LogP contribution is 2.21. The summed E-state index contributed by atoms with van der Waals surface area (Å²) in [6.07, 6.45) is 1.47. The lowest BCUT2D eigenvalue weighted by atomic mass is 10.2. The number of nitrogens with one attached hydrogen (secondary N) is 3. The third-order valence-corrected chi connectivity index (χ3v) is 3.44. The Morgan fingerprint density at radius 1 is 1.23 bits per heavy atom. The molecule has 118 valence electrons. The van der Waals surface area contributed by atoms with Gasteiger partial charge in [0.25, 0.3) is 5.91 Å². The third kappa shape index (κ3) is 4.17. The van der Waals surface area contributed by atoms with E-state index < -0.39 is 0 Å². The zero-order valence-electron chi connectivity index (χ0n) is 12.7. The van der Waals surface area contributed by atoms with Crippen molar-refractivity contribution in [2.45, 2.75) is 32.7 Å². The molecule has 1 fully saturated rings.